The number of urea groups is 1. The Labute approximate surface area is 180 Å². The Balaban J connectivity index is 1.93. The smallest absolute Gasteiger partial charge is 0.331 e. The molecular formula is C21H25ClN4O4. The number of nitrogens with zero attached hydrogens (tertiary/aromatic N) is 2. The fourth-order valence-corrected chi connectivity index (χ4v) is 2.82. The summed E-state index contributed by atoms with van der Waals surface area (Å²) in [6, 6.07) is 7.26. The van der Waals surface area contributed by atoms with Gasteiger partial charge in [-0.1, -0.05) is 41.4 Å². The molecule has 2 N–H and O–H groups in total. The highest BCUT2D eigenvalue weighted by Crippen LogP contribution is 2.22. The van der Waals surface area contributed by atoms with Gasteiger partial charge in [-0.05, 0) is 39.3 Å². The number of carbonyl (C=O) groups is 3. The largest absolute Gasteiger partial charge is 0.452 e. The van der Waals surface area contributed by atoms with Crippen LogP contribution < -0.4 is 10.6 Å². The number of hydrogen-bond acceptors (Lipinski definition) is 5. The molecule has 1 heterocycles. The number of hydrogen-bond donors (Lipinski definition) is 2. The van der Waals surface area contributed by atoms with Crippen molar-refractivity contribution in [3.63, 3.8) is 0 Å². The predicted molar refractivity (Wildman–Crippen MR) is 114 cm³/mol. The van der Waals surface area contributed by atoms with Gasteiger partial charge in [-0.3, -0.25) is 10.1 Å². The molecule has 160 valence electrons. The van der Waals surface area contributed by atoms with Crippen molar-refractivity contribution < 1.29 is 19.1 Å². The molecule has 3 amide bonds. The summed E-state index contributed by atoms with van der Waals surface area (Å²) in [6.07, 6.45) is 2.65. The minimum Gasteiger partial charge on any atom is -0.452 e. The first-order chi connectivity index (χ1) is 14.2. The lowest BCUT2D eigenvalue weighted by atomic mass is 10.1. The molecule has 1 aromatic heterocycles. The van der Waals surface area contributed by atoms with E-state index in [0.29, 0.717) is 23.0 Å². The number of imide groups is 1. The molecule has 1 aromatic carbocycles. The number of halogens is 1. The van der Waals surface area contributed by atoms with Gasteiger partial charge in [0, 0.05) is 17.7 Å². The van der Waals surface area contributed by atoms with E-state index in [9.17, 15) is 14.4 Å². The second-order valence-corrected chi connectivity index (χ2v) is 7.41. The van der Waals surface area contributed by atoms with Crippen LogP contribution in [-0.4, -0.2) is 40.3 Å². The van der Waals surface area contributed by atoms with Gasteiger partial charge in [-0.15, -0.1) is 0 Å². The summed E-state index contributed by atoms with van der Waals surface area (Å²) in [5.41, 5.74) is 3.45. The van der Waals surface area contributed by atoms with Crippen molar-refractivity contribution in [2.75, 3.05) is 6.61 Å². The van der Waals surface area contributed by atoms with E-state index in [4.69, 9.17) is 16.3 Å². The van der Waals surface area contributed by atoms with Gasteiger partial charge in [0.25, 0.3) is 5.91 Å². The van der Waals surface area contributed by atoms with E-state index in [-0.39, 0.29) is 6.04 Å². The van der Waals surface area contributed by atoms with E-state index in [0.717, 1.165) is 17.2 Å². The van der Waals surface area contributed by atoms with Gasteiger partial charge in [-0.2, -0.15) is 5.10 Å². The third-order valence-corrected chi connectivity index (χ3v) is 4.37. The zero-order valence-corrected chi connectivity index (χ0v) is 18.1. The normalized spacial score (nSPS) is 11.0. The fraction of sp³-hybridized carbons (Fsp3) is 0.333. The van der Waals surface area contributed by atoms with Crippen LogP contribution in [0.15, 0.2) is 30.3 Å². The van der Waals surface area contributed by atoms with Gasteiger partial charge >= 0.3 is 12.0 Å². The molecule has 8 nitrogen and oxygen atoms in total. The predicted octanol–water partition coefficient (Wildman–Crippen LogP) is 2.99. The second-order valence-electron chi connectivity index (χ2n) is 7.05. The SMILES string of the molecule is Cc1ccc(Cn2nc(C)c(/C=C/C(=O)OCC(=O)NC(=O)NC(C)C)c2Cl)cc1. The van der Waals surface area contributed by atoms with Crippen molar-refractivity contribution in [3.05, 3.63) is 57.9 Å². The minimum atomic E-state index is -0.740. The van der Waals surface area contributed by atoms with Crippen LogP contribution >= 0.6 is 11.6 Å². The summed E-state index contributed by atoms with van der Waals surface area (Å²) in [5, 5.41) is 9.36. The molecule has 0 aliphatic heterocycles. The Kier molecular flexibility index (Phi) is 8.17. The lowest BCUT2D eigenvalue weighted by Crippen LogP contribution is -2.43. The van der Waals surface area contributed by atoms with Gasteiger partial charge in [0.15, 0.2) is 6.61 Å². The molecule has 2 aromatic rings. The van der Waals surface area contributed by atoms with Gasteiger partial charge in [-0.25, -0.2) is 14.3 Å². The summed E-state index contributed by atoms with van der Waals surface area (Å²) in [4.78, 5) is 34.9. The minimum absolute atomic E-state index is 0.122. The van der Waals surface area contributed by atoms with E-state index in [1.807, 2.05) is 31.2 Å². The summed E-state index contributed by atoms with van der Waals surface area (Å²) in [6.45, 7) is 7.23. The second kappa shape index (κ2) is 10.6. The topological polar surface area (TPSA) is 102 Å². The molecule has 0 unspecified atom stereocenters. The van der Waals surface area contributed by atoms with Crippen molar-refractivity contribution in [2.24, 2.45) is 0 Å². The molecule has 0 saturated carbocycles. The highest BCUT2D eigenvalue weighted by Gasteiger charge is 2.13. The molecule has 0 saturated heterocycles. The Morgan fingerprint density at radius 3 is 2.50 bits per heavy atom. The summed E-state index contributed by atoms with van der Waals surface area (Å²) < 4.78 is 6.48. The average molecular weight is 433 g/mol. The van der Waals surface area contributed by atoms with Crippen LogP contribution in [-0.2, 0) is 20.9 Å². The molecule has 0 spiro atoms. The molecule has 9 heteroatoms. The van der Waals surface area contributed by atoms with Crippen molar-refractivity contribution >= 4 is 35.6 Å². The maximum Gasteiger partial charge on any atom is 0.331 e. The Morgan fingerprint density at radius 2 is 1.87 bits per heavy atom. The quantitative estimate of drug-likeness (QED) is 0.517. The molecule has 30 heavy (non-hydrogen) atoms. The van der Waals surface area contributed by atoms with Crippen LogP contribution in [0.4, 0.5) is 4.79 Å². The number of esters is 1. The van der Waals surface area contributed by atoms with Crippen LogP contribution in [0.1, 0.15) is 36.2 Å². The molecule has 2 rings (SSSR count). The summed E-state index contributed by atoms with van der Waals surface area (Å²) in [5.74, 6) is -1.47. The van der Waals surface area contributed by atoms with Crippen molar-refractivity contribution in [3.8, 4) is 0 Å². The maximum absolute atomic E-state index is 11.9. The molecule has 0 bridgehead atoms. The first-order valence-electron chi connectivity index (χ1n) is 9.39. The number of rotatable bonds is 7. The monoisotopic (exact) mass is 432 g/mol. The van der Waals surface area contributed by atoms with E-state index >= 15 is 0 Å². The van der Waals surface area contributed by atoms with Crippen LogP contribution in [0.3, 0.4) is 0 Å². The van der Waals surface area contributed by atoms with Gasteiger partial charge < -0.3 is 10.1 Å². The fourth-order valence-electron chi connectivity index (χ4n) is 2.52. The first kappa shape index (κ1) is 23.2. The molecule has 0 aliphatic carbocycles. The molecule has 0 radical (unpaired) electrons. The molecule has 0 aliphatic rings. The van der Waals surface area contributed by atoms with Crippen LogP contribution in [0, 0.1) is 13.8 Å². The van der Waals surface area contributed by atoms with Gasteiger partial charge in [0.05, 0.1) is 12.2 Å². The summed E-state index contributed by atoms with van der Waals surface area (Å²) in [7, 11) is 0. The Hall–Kier alpha value is -3.13. The molecule has 0 atom stereocenters. The number of carbonyl (C=O) groups excluding carboxylic acids is 3. The molecular weight excluding hydrogens is 408 g/mol. The number of aromatic nitrogens is 2. The van der Waals surface area contributed by atoms with Crippen molar-refractivity contribution in [1.29, 1.82) is 0 Å². The third-order valence-electron chi connectivity index (χ3n) is 3.97. The summed E-state index contributed by atoms with van der Waals surface area (Å²) >= 11 is 6.41. The highest BCUT2D eigenvalue weighted by molar-refractivity contribution is 6.31. The average Bonchev–Trinajstić information content (AvgIpc) is 2.92. The number of ether oxygens (including phenoxy) is 1. The van der Waals surface area contributed by atoms with Crippen LogP contribution in [0.5, 0.6) is 0 Å². The Morgan fingerprint density at radius 1 is 1.20 bits per heavy atom. The van der Waals surface area contributed by atoms with Crippen molar-refractivity contribution in [2.45, 2.75) is 40.3 Å². The molecule has 0 fully saturated rings. The van der Waals surface area contributed by atoms with Crippen LogP contribution in [0.25, 0.3) is 6.08 Å². The van der Waals surface area contributed by atoms with Crippen LogP contribution in [0.2, 0.25) is 5.15 Å². The van der Waals surface area contributed by atoms with Gasteiger partial charge in [0.1, 0.15) is 5.15 Å². The highest BCUT2D eigenvalue weighted by atomic mass is 35.5. The van der Waals surface area contributed by atoms with E-state index in [2.05, 4.69) is 15.7 Å². The third kappa shape index (κ3) is 7.04. The number of aryl methyl sites for hydroxylation is 2. The van der Waals surface area contributed by atoms with E-state index in [1.165, 1.54) is 6.08 Å². The number of nitrogens with one attached hydrogen (secondary N) is 2. The Bertz CT molecular complexity index is 949. The lowest BCUT2D eigenvalue weighted by Gasteiger charge is -2.08. The maximum atomic E-state index is 11.9. The van der Waals surface area contributed by atoms with E-state index < -0.39 is 24.5 Å². The van der Waals surface area contributed by atoms with Crippen molar-refractivity contribution in [1.82, 2.24) is 20.4 Å². The zero-order chi connectivity index (χ0) is 22.3. The lowest BCUT2D eigenvalue weighted by molar-refractivity contribution is -0.143. The number of amides is 3. The van der Waals surface area contributed by atoms with Gasteiger partial charge in [0.2, 0.25) is 0 Å². The number of benzene rings is 1. The van der Waals surface area contributed by atoms with E-state index in [1.54, 1.807) is 25.5 Å². The first-order valence-corrected chi connectivity index (χ1v) is 9.77. The standard InChI is InChI=1S/C21H25ClN4O4/c1-13(2)23-21(29)24-18(27)12-30-19(28)10-9-17-15(4)25-26(20(17)22)11-16-7-5-14(3)6-8-16/h5-10,13H,11-12H2,1-4H3,(H2,23,24,27,29)/b10-9+. The zero-order valence-electron chi connectivity index (χ0n) is 17.4.